The fourth-order valence-corrected chi connectivity index (χ4v) is 3.26. The highest BCUT2D eigenvalue weighted by Gasteiger charge is 2.34. The van der Waals surface area contributed by atoms with Gasteiger partial charge in [0, 0.05) is 30.8 Å². The highest BCUT2D eigenvalue weighted by atomic mass is 16.5. The number of ether oxygens (including phenoxy) is 2. The first-order chi connectivity index (χ1) is 14.2. The topological polar surface area (TPSA) is 76.6 Å². The largest absolute Gasteiger partial charge is 0.497 e. The molecule has 3 aromatic rings. The van der Waals surface area contributed by atoms with Crippen molar-refractivity contribution in [1.82, 2.24) is 9.97 Å². The fraction of sp³-hybridized carbons (Fsp3) is 0.227. The smallest absolute Gasteiger partial charge is 0.231 e. The number of aromatic nitrogens is 2. The van der Waals surface area contributed by atoms with Crippen molar-refractivity contribution in [3.8, 4) is 22.8 Å². The second kappa shape index (κ2) is 8.18. The van der Waals surface area contributed by atoms with Crippen LogP contribution in [-0.2, 0) is 4.79 Å². The van der Waals surface area contributed by atoms with Gasteiger partial charge in [-0.3, -0.25) is 4.79 Å². The normalized spacial score (nSPS) is 13.5. The van der Waals surface area contributed by atoms with Crippen LogP contribution >= 0.6 is 0 Å². The van der Waals surface area contributed by atoms with Gasteiger partial charge in [0.15, 0.2) is 0 Å². The third kappa shape index (κ3) is 3.99. The first-order valence-electron chi connectivity index (χ1n) is 9.33. The highest BCUT2D eigenvalue weighted by molar-refractivity contribution is 5.95. The molecule has 7 heteroatoms. The van der Waals surface area contributed by atoms with E-state index < -0.39 is 0 Å². The van der Waals surface area contributed by atoms with Gasteiger partial charge in [0.05, 0.1) is 31.5 Å². The lowest BCUT2D eigenvalue weighted by atomic mass is 9.98. The Bertz CT molecular complexity index is 1000. The zero-order valence-corrected chi connectivity index (χ0v) is 16.3. The standard InChI is InChI=1S/C22H22N4O3/c1-28-17-8-9-20(29-2)19(10-17)25-22(27)16-12-26(13-16)21-11-18(23-14-24-21)15-6-4-3-5-7-15/h3-11,14,16H,12-13H2,1-2H3,(H,25,27). The van der Waals surface area contributed by atoms with Crippen LogP contribution in [0.1, 0.15) is 0 Å². The Labute approximate surface area is 169 Å². The van der Waals surface area contributed by atoms with E-state index >= 15 is 0 Å². The number of benzene rings is 2. The predicted octanol–water partition coefficient (Wildman–Crippen LogP) is 3.24. The van der Waals surface area contributed by atoms with Gasteiger partial charge in [0.25, 0.3) is 0 Å². The molecule has 0 saturated carbocycles. The van der Waals surface area contributed by atoms with E-state index in [0.29, 0.717) is 30.3 Å². The van der Waals surface area contributed by atoms with Crippen molar-refractivity contribution >= 4 is 17.4 Å². The van der Waals surface area contributed by atoms with E-state index in [0.717, 1.165) is 17.1 Å². The highest BCUT2D eigenvalue weighted by Crippen LogP contribution is 2.31. The van der Waals surface area contributed by atoms with E-state index in [1.54, 1.807) is 38.7 Å². The third-order valence-corrected chi connectivity index (χ3v) is 4.96. The maximum Gasteiger partial charge on any atom is 0.231 e. The number of rotatable bonds is 6. The summed E-state index contributed by atoms with van der Waals surface area (Å²) in [5.74, 6) is 1.90. The fourth-order valence-electron chi connectivity index (χ4n) is 3.26. The van der Waals surface area contributed by atoms with Crippen LogP contribution in [0.25, 0.3) is 11.3 Å². The summed E-state index contributed by atoms with van der Waals surface area (Å²) in [4.78, 5) is 23.4. The van der Waals surface area contributed by atoms with Gasteiger partial charge < -0.3 is 19.7 Å². The molecule has 0 aliphatic carbocycles. The minimum absolute atomic E-state index is 0.0508. The molecule has 2 aromatic carbocycles. The minimum Gasteiger partial charge on any atom is -0.497 e. The number of carbonyl (C=O) groups excluding carboxylic acids is 1. The van der Waals surface area contributed by atoms with Gasteiger partial charge in [-0.05, 0) is 12.1 Å². The molecule has 7 nitrogen and oxygen atoms in total. The van der Waals surface area contributed by atoms with Gasteiger partial charge >= 0.3 is 0 Å². The van der Waals surface area contributed by atoms with Gasteiger partial charge in [0.2, 0.25) is 5.91 Å². The Morgan fingerprint density at radius 1 is 1.03 bits per heavy atom. The first kappa shape index (κ1) is 18.7. The maximum atomic E-state index is 12.7. The Balaban J connectivity index is 1.41. The Kier molecular flexibility index (Phi) is 5.29. The molecule has 1 amide bonds. The molecule has 1 aliphatic heterocycles. The van der Waals surface area contributed by atoms with Crippen molar-refractivity contribution < 1.29 is 14.3 Å². The quantitative estimate of drug-likeness (QED) is 0.696. The van der Waals surface area contributed by atoms with E-state index in [-0.39, 0.29) is 11.8 Å². The lowest BCUT2D eigenvalue weighted by molar-refractivity contribution is -0.120. The van der Waals surface area contributed by atoms with Crippen molar-refractivity contribution in [1.29, 1.82) is 0 Å². The molecule has 1 fully saturated rings. The van der Waals surface area contributed by atoms with Crippen molar-refractivity contribution in [2.75, 3.05) is 37.5 Å². The SMILES string of the molecule is COc1ccc(OC)c(NC(=O)C2CN(c3cc(-c4ccccc4)ncn3)C2)c1. The van der Waals surface area contributed by atoms with Crippen LogP contribution in [0.5, 0.6) is 11.5 Å². The summed E-state index contributed by atoms with van der Waals surface area (Å²) in [5, 5.41) is 2.94. The van der Waals surface area contributed by atoms with Gasteiger partial charge in [-0.1, -0.05) is 30.3 Å². The Hall–Kier alpha value is -3.61. The van der Waals surface area contributed by atoms with Gasteiger partial charge in [-0.15, -0.1) is 0 Å². The molecular formula is C22H22N4O3. The molecular weight excluding hydrogens is 368 g/mol. The molecule has 0 spiro atoms. The van der Waals surface area contributed by atoms with Crippen molar-refractivity contribution in [3.05, 3.63) is 60.9 Å². The van der Waals surface area contributed by atoms with Crippen LogP contribution in [0.2, 0.25) is 0 Å². The number of amides is 1. The minimum atomic E-state index is -0.124. The molecule has 1 aromatic heterocycles. The molecule has 1 N–H and O–H groups in total. The molecule has 148 valence electrons. The average Bonchev–Trinajstić information content (AvgIpc) is 2.73. The van der Waals surface area contributed by atoms with Crippen LogP contribution in [0, 0.1) is 5.92 Å². The summed E-state index contributed by atoms with van der Waals surface area (Å²) in [6, 6.07) is 17.2. The number of nitrogens with zero attached hydrogens (tertiary/aromatic N) is 3. The molecule has 4 rings (SSSR count). The van der Waals surface area contributed by atoms with Crippen LogP contribution < -0.4 is 19.7 Å². The van der Waals surface area contributed by atoms with Gasteiger partial charge in [-0.25, -0.2) is 9.97 Å². The van der Waals surface area contributed by atoms with Crippen LogP contribution in [0.15, 0.2) is 60.9 Å². The first-order valence-corrected chi connectivity index (χ1v) is 9.33. The molecule has 0 unspecified atom stereocenters. The molecule has 2 heterocycles. The summed E-state index contributed by atoms with van der Waals surface area (Å²) in [6.07, 6.45) is 1.56. The predicted molar refractivity (Wildman–Crippen MR) is 111 cm³/mol. The summed E-state index contributed by atoms with van der Waals surface area (Å²) < 4.78 is 10.6. The van der Waals surface area contributed by atoms with Gasteiger partial charge in [-0.2, -0.15) is 0 Å². The Morgan fingerprint density at radius 2 is 1.83 bits per heavy atom. The summed E-state index contributed by atoms with van der Waals surface area (Å²) >= 11 is 0. The molecule has 1 aliphatic rings. The molecule has 0 radical (unpaired) electrons. The summed E-state index contributed by atoms with van der Waals surface area (Å²) in [6.45, 7) is 1.20. The van der Waals surface area contributed by atoms with Crippen molar-refractivity contribution in [2.45, 2.75) is 0 Å². The summed E-state index contributed by atoms with van der Waals surface area (Å²) in [5.41, 5.74) is 2.50. The van der Waals surface area contributed by atoms with Gasteiger partial charge in [0.1, 0.15) is 23.6 Å². The van der Waals surface area contributed by atoms with Crippen LogP contribution in [0.4, 0.5) is 11.5 Å². The van der Waals surface area contributed by atoms with Crippen molar-refractivity contribution in [3.63, 3.8) is 0 Å². The second-order valence-corrected chi connectivity index (χ2v) is 6.78. The number of nitrogens with one attached hydrogen (secondary N) is 1. The van der Waals surface area contributed by atoms with E-state index in [2.05, 4.69) is 20.2 Å². The number of methoxy groups -OCH3 is 2. The molecule has 1 saturated heterocycles. The van der Waals surface area contributed by atoms with Crippen LogP contribution in [0.3, 0.4) is 0 Å². The van der Waals surface area contributed by atoms with E-state index in [1.165, 1.54) is 0 Å². The van der Waals surface area contributed by atoms with E-state index in [9.17, 15) is 4.79 Å². The van der Waals surface area contributed by atoms with E-state index in [4.69, 9.17) is 9.47 Å². The van der Waals surface area contributed by atoms with Crippen LogP contribution in [-0.4, -0.2) is 43.2 Å². The number of carbonyl (C=O) groups is 1. The molecule has 0 bridgehead atoms. The lowest BCUT2D eigenvalue weighted by Gasteiger charge is -2.39. The lowest BCUT2D eigenvalue weighted by Crippen LogP contribution is -2.52. The van der Waals surface area contributed by atoms with E-state index in [1.807, 2.05) is 36.4 Å². The number of hydrogen-bond donors (Lipinski definition) is 1. The maximum absolute atomic E-state index is 12.7. The summed E-state index contributed by atoms with van der Waals surface area (Å²) in [7, 11) is 3.16. The number of anilines is 2. The van der Waals surface area contributed by atoms with Crippen molar-refractivity contribution in [2.24, 2.45) is 5.92 Å². The zero-order valence-electron chi connectivity index (χ0n) is 16.3. The molecule has 29 heavy (non-hydrogen) atoms. The second-order valence-electron chi connectivity index (χ2n) is 6.78. The third-order valence-electron chi connectivity index (χ3n) is 4.96. The average molecular weight is 390 g/mol. The Morgan fingerprint density at radius 3 is 2.55 bits per heavy atom. The zero-order chi connectivity index (χ0) is 20.2. The molecule has 0 atom stereocenters. The monoisotopic (exact) mass is 390 g/mol. The number of hydrogen-bond acceptors (Lipinski definition) is 6.